The first-order chi connectivity index (χ1) is 7.26. The van der Waals surface area contributed by atoms with E-state index in [1.54, 1.807) is 0 Å². The van der Waals surface area contributed by atoms with Crippen LogP contribution in [-0.4, -0.2) is 13.1 Å². The van der Waals surface area contributed by atoms with Crippen LogP contribution in [0.15, 0.2) is 24.3 Å². The average molecular weight is 206 g/mol. The van der Waals surface area contributed by atoms with E-state index in [1.165, 1.54) is 24.1 Å². The van der Waals surface area contributed by atoms with E-state index in [9.17, 15) is 0 Å². The molecule has 0 aliphatic rings. The van der Waals surface area contributed by atoms with Gasteiger partial charge in [-0.1, -0.05) is 25.5 Å². The van der Waals surface area contributed by atoms with Crippen molar-refractivity contribution in [1.82, 2.24) is 5.32 Å². The third-order valence-corrected chi connectivity index (χ3v) is 2.44. The smallest absolute Gasteiger partial charge is 0.0345 e. The van der Waals surface area contributed by atoms with Gasteiger partial charge in [-0.25, -0.2) is 0 Å². The van der Waals surface area contributed by atoms with Gasteiger partial charge in [-0.3, -0.25) is 0 Å². The first-order valence-corrected chi connectivity index (χ1v) is 5.76. The lowest BCUT2D eigenvalue weighted by atomic mass is 10.1. The van der Waals surface area contributed by atoms with Gasteiger partial charge in [0.05, 0.1) is 0 Å². The zero-order valence-electron chi connectivity index (χ0n) is 10.0. The number of nitrogens with one attached hydrogen (secondary N) is 2. The van der Waals surface area contributed by atoms with Gasteiger partial charge in [-0.15, -0.1) is 0 Å². The molecule has 0 fully saturated rings. The van der Waals surface area contributed by atoms with E-state index in [1.807, 2.05) is 7.05 Å². The average Bonchev–Trinajstić information content (AvgIpc) is 2.19. The fraction of sp³-hybridized carbons (Fsp3) is 0.538. The molecule has 0 aliphatic heterocycles. The van der Waals surface area contributed by atoms with Gasteiger partial charge in [0.25, 0.3) is 0 Å². The zero-order valence-corrected chi connectivity index (χ0v) is 10.0. The van der Waals surface area contributed by atoms with Crippen LogP contribution in [0.2, 0.25) is 0 Å². The lowest BCUT2D eigenvalue weighted by Crippen LogP contribution is -2.14. The lowest BCUT2D eigenvalue weighted by Gasteiger charge is -2.15. The van der Waals surface area contributed by atoms with Gasteiger partial charge in [0.2, 0.25) is 0 Å². The molecule has 15 heavy (non-hydrogen) atoms. The van der Waals surface area contributed by atoms with Crippen molar-refractivity contribution in [2.45, 2.75) is 39.3 Å². The minimum Gasteiger partial charge on any atom is -0.383 e. The van der Waals surface area contributed by atoms with Crippen LogP contribution in [0, 0.1) is 0 Å². The highest BCUT2D eigenvalue weighted by atomic mass is 14.9. The van der Waals surface area contributed by atoms with Crippen molar-refractivity contribution in [3.05, 3.63) is 29.8 Å². The molecule has 84 valence electrons. The number of rotatable bonds is 6. The van der Waals surface area contributed by atoms with Gasteiger partial charge in [0, 0.05) is 18.3 Å². The Kier molecular flexibility index (Phi) is 5.19. The molecule has 1 aromatic rings. The van der Waals surface area contributed by atoms with Gasteiger partial charge in [-0.05, 0) is 38.1 Å². The van der Waals surface area contributed by atoms with E-state index < -0.39 is 0 Å². The third-order valence-electron chi connectivity index (χ3n) is 2.44. The van der Waals surface area contributed by atoms with E-state index in [2.05, 4.69) is 48.7 Å². The summed E-state index contributed by atoms with van der Waals surface area (Å²) in [6.07, 6.45) is 2.45. The number of benzene rings is 1. The minimum atomic E-state index is 0.555. The molecule has 0 spiro atoms. The molecule has 0 radical (unpaired) electrons. The Balaban J connectivity index is 2.56. The molecule has 0 amide bonds. The highest BCUT2D eigenvalue weighted by molar-refractivity contribution is 5.46. The second-order valence-electron chi connectivity index (χ2n) is 4.06. The van der Waals surface area contributed by atoms with Gasteiger partial charge in [-0.2, -0.15) is 0 Å². The summed E-state index contributed by atoms with van der Waals surface area (Å²) in [6.45, 7) is 5.38. The van der Waals surface area contributed by atoms with E-state index in [-0.39, 0.29) is 0 Å². The molecule has 0 bridgehead atoms. The minimum absolute atomic E-state index is 0.555. The summed E-state index contributed by atoms with van der Waals surface area (Å²) in [6, 6.07) is 9.15. The lowest BCUT2D eigenvalue weighted by molar-refractivity contribution is 0.690. The summed E-state index contributed by atoms with van der Waals surface area (Å²) in [5.74, 6) is 0. The Hall–Kier alpha value is -1.02. The van der Waals surface area contributed by atoms with E-state index in [4.69, 9.17) is 0 Å². The molecule has 2 nitrogen and oxygen atoms in total. The predicted molar refractivity (Wildman–Crippen MR) is 67.2 cm³/mol. The number of hydrogen-bond donors (Lipinski definition) is 2. The van der Waals surface area contributed by atoms with E-state index in [0.717, 1.165) is 6.54 Å². The monoisotopic (exact) mass is 206 g/mol. The maximum absolute atomic E-state index is 3.51. The Morgan fingerprint density at radius 1 is 1.33 bits per heavy atom. The van der Waals surface area contributed by atoms with Crippen LogP contribution >= 0.6 is 0 Å². The van der Waals surface area contributed by atoms with Crippen LogP contribution in [0.3, 0.4) is 0 Å². The molecule has 0 saturated heterocycles. The van der Waals surface area contributed by atoms with Crippen LogP contribution < -0.4 is 10.6 Å². The van der Waals surface area contributed by atoms with Crippen molar-refractivity contribution in [2.75, 3.05) is 12.4 Å². The number of anilines is 1. The highest BCUT2D eigenvalue weighted by Gasteiger charge is 2.00. The molecule has 1 rings (SSSR count). The summed E-state index contributed by atoms with van der Waals surface area (Å²) >= 11 is 0. The van der Waals surface area contributed by atoms with Crippen LogP contribution in [0.25, 0.3) is 0 Å². The molecule has 1 unspecified atom stereocenters. The molecule has 0 saturated carbocycles. The van der Waals surface area contributed by atoms with Crippen LogP contribution in [0.1, 0.15) is 32.3 Å². The molecule has 1 aromatic carbocycles. The van der Waals surface area contributed by atoms with Crippen molar-refractivity contribution in [1.29, 1.82) is 0 Å². The third kappa shape index (κ3) is 4.34. The van der Waals surface area contributed by atoms with Crippen LogP contribution in [-0.2, 0) is 6.54 Å². The molecule has 0 aromatic heterocycles. The van der Waals surface area contributed by atoms with Crippen molar-refractivity contribution in [3.8, 4) is 0 Å². The van der Waals surface area contributed by atoms with E-state index in [0.29, 0.717) is 6.04 Å². The van der Waals surface area contributed by atoms with Gasteiger partial charge >= 0.3 is 0 Å². The SMILES string of the molecule is CCCC(C)Nc1cccc(CNC)c1. The fourth-order valence-corrected chi connectivity index (χ4v) is 1.76. The van der Waals surface area contributed by atoms with Crippen molar-refractivity contribution >= 4 is 5.69 Å². The Morgan fingerprint density at radius 2 is 2.13 bits per heavy atom. The van der Waals surface area contributed by atoms with Crippen molar-refractivity contribution in [3.63, 3.8) is 0 Å². The van der Waals surface area contributed by atoms with Gasteiger partial charge < -0.3 is 10.6 Å². The van der Waals surface area contributed by atoms with E-state index >= 15 is 0 Å². The molecule has 2 heteroatoms. The second kappa shape index (κ2) is 6.46. The summed E-state index contributed by atoms with van der Waals surface area (Å²) in [7, 11) is 1.97. The quantitative estimate of drug-likeness (QED) is 0.747. The zero-order chi connectivity index (χ0) is 11.1. The first-order valence-electron chi connectivity index (χ1n) is 5.76. The summed E-state index contributed by atoms with van der Waals surface area (Å²) in [5.41, 5.74) is 2.55. The topological polar surface area (TPSA) is 24.1 Å². The normalized spacial score (nSPS) is 12.5. The molecule has 0 heterocycles. The summed E-state index contributed by atoms with van der Waals surface area (Å²) in [4.78, 5) is 0. The highest BCUT2D eigenvalue weighted by Crippen LogP contribution is 2.13. The van der Waals surface area contributed by atoms with Crippen LogP contribution in [0.5, 0.6) is 0 Å². The Morgan fingerprint density at radius 3 is 2.80 bits per heavy atom. The van der Waals surface area contributed by atoms with Gasteiger partial charge in [0.1, 0.15) is 0 Å². The standard InChI is InChI=1S/C13H22N2/c1-4-6-11(2)15-13-8-5-7-12(9-13)10-14-3/h5,7-9,11,14-15H,4,6,10H2,1-3H3. The predicted octanol–water partition coefficient (Wildman–Crippen LogP) is 3.01. The number of hydrogen-bond acceptors (Lipinski definition) is 2. The first kappa shape index (κ1) is 12.1. The molecule has 0 aliphatic carbocycles. The molecule has 1 atom stereocenters. The maximum atomic E-state index is 3.51. The van der Waals surface area contributed by atoms with Crippen molar-refractivity contribution in [2.24, 2.45) is 0 Å². The maximum Gasteiger partial charge on any atom is 0.0345 e. The van der Waals surface area contributed by atoms with Gasteiger partial charge in [0.15, 0.2) is 0 Å². The molecular formula is C13H22N2. The van der Waals surface area contributed by atoms with Crippen molar-refractivity contribution < 1.29 is 0 Å². The largest absolute Gasteiger partial charge is 0.383 e. The Labute approximate surface area is 93.1 Å². The summed E-state index contributed by atoms with van der Waals surface area (Å²) < 4.78 is 0. The van der Waals surface area contributed by atoms with Crippen LogP contribution in [0.4, 0.5) is 5.69 Å². The second-order valence-corrected chi connectivity index (χ2v) is 4.06. The summed E-state index contributed by atoms with van der Waals surface area (Å²) in [5, 5.41) is 6.68. The Bertz CT molecular complexity index is 284. The fourth-order valence-electron chi connectivity index (χ4n) is 1.76. The molecule has 2 N–H and O–H groups in total. The molecular weight excluding hydrogens is 184 g/mol.